The molecule has 0 heterocycles. The van der Waals surface area contributed by atoms with Crippen LogP contribution < -0.4 is 14.4 Å². The van der Waals surface area contributed by atoms with Gasteiger partial charge in [0.15, 0.2) is 0 Å². The highest BCUT2D eigenvalue weighted by Crippen LogP contribution is 2.23. The van der Waals surface area contributed by atoms with Gasteiger partial charge in [-0.3, -0.25) is 13.9 Å². The number of carbonyl (C=O) groups is 2. The van der Waals surface area contributed by atoms with Gasteiger partial charge in [-0.25, -0.2) is 8.42 Å². The van der Waals surface area contributed by atoms with Crippen LogP contribution in [0.3, 0.4) is 0 Å². The molecule has 2 aromatic carbocycles. The van der Waals surface area contributed by atoms with E-state index in [1.165, 1.54) is 4.31 Å². The fourth-order valence-electron chi connectivity index (χ4n) is 4.08. The maximum absolute atomic E-state index is 13.5. The zero-order chi connectivity index (χ0) is 27.6. The van der Waals surface area contributed by atoms with Gasteiger partial charge in [0, 0.05) is 25.6 Å². The Balaban J connectivity index is 2.23. The van der Waals surface area contributed by atoms with Crippen molar-refractivity contribution in [3.05, 3.63) is 59.7 Å². The zero-order valence-corrected chi connectivity index (χ0v) is 23.7. The maximum Gasteiger partial charge on any atom is 0.243 e. The van der Waals surface area contributed by atoms with Gasteiger partial charge in [0.05, 0.1) is 19.1 Å². The second-order valence-corrected chi connectivity index (χ2v) is 11.2. The molecule has 0 fully saturated rings. The summed E-state index contributed by atoms with van der Waals surface area (Å²) >= 11 is 0. The summed E-state index contributed by atoms with van der Waals surface area (Å²) in [6.45, 7) is 8.28. The number of nitrogens with one attached hydrogen (secondary N) is 1. The third kappa shape index (κ3) is 8.77. The van der Waals surface area contributed by atoms with E-state index in [1.54, 1.807) is 36.3 Å². The maximum atomic E-state index is 13.5. The molecule has 9 heteroatoms. The molecule has 0 bridgehead atoms. The van der Waals surface area contributed by atoms with Gasteiger partial charge < -0.3 is 15.0 Å². The average Bonchev–Trinajstić information content (AvgIpc) is 2.86. The van der Waals surface area contributed by atoms with Gasteiger partial charge in [-0.2, -0.15) is 0 Å². The largest absolute Gasteiger partial charge is 0.497 e. The average molecular weight is 532 g/mol. The van der Waals surface area contributed by atoms with Crippen LogP contribution in [0.1, 0.15) is 57.6 Å². The Labute approximate surface area is 222 Å². The zero-order valence-electron chi connectivity index (χ0n) is 22.9. The first kappa shape index (κ1) is 30.2. The summed E-state index contributed by atoms with van der Waals surface area (Å²) in [6.07, 6.45) is 2.84. The van der Waals surface area contributed by atoms with Gasteiger partial charge in [-0.15, -0.1) is 0 Å². The Morgan fingerprint density at radius 1 is 1.03 bits per heavy atom. The second kappa shape index (κ2) is 14.0. The summed E-state index contributed by atoms with van der Waals surface area (Å²) in [5.41, 5.74) is 2.52. The van der Waals surface area contributed by atoms with Crippen LogP contribution in [0.2, 0.25) is 0 Å². The van der Waals surface area contributed by atoms with Crippen LogP contribution in [-0.2, 0) is 26.2 Å². The molecule has 0 saturated carbocycles. The number of hydrogen-bond acceptors (Lipinski definition) is 5. The predicted molar refractivity (Wildman–Crippen MR) is 148 cm³/mol. The van der Waals surface area contributed by atoms with Crippen LogP contribution in [-0.4, -0.2) is 57.1 Å². The third-order valence-corrected chi connectivity index (χ3v) is 7.70. The summed E-state index contributed by atoms with van der Waals surface area (Å²) < 4.78 is 31.4. The predicted octanol–water partition coefficient (Wildman–Crippen LogP) is 4.27. The Kier molecular flexibility index (Phi) is 11.4. The van der Waals surface area contributed by atoms with E-state index in [1.807, 2.05) is 52.0 Å². The number of hydrogen-bond donors (Lipinski definition) is 1. The van der Waals surface area contributed by atoms with Gasteiger partial charge in [-0.1, -0.05) is 38.1 Å². The molecule has 0 radical (unpaired) electrons. The Morgan fingerprint density at radius 2 is 1.68 bits per heavy atom. The molecule has 0 aromatic heterocycles. The van der Waals surface area contributed by atoms with Crippen molar-refractivity contribution >= 4 is 27.5 Å². The lowest BCUT2D eigenvalue weighted by Gasteiger charge is -2.32. The molecule has 8 nitrogen and oxygen atoms in total. The molecule has 2 amide bonds. The summed E-state index contributed by atoms with van der Waals surface area (Å²) in [5, 5.41) is 3.01. The highest BCUT2D eigenvalue weighted by molar-refractivity contribution is 7.92. The number of methoxy groups -OCH3 is 1. The van der Waals surface area contributed by atoms with Crippen molar-refractivity contribution in [3.63, 3.8) is 0 Å². The lowest BCUT2D eigenvalue weighted by molar-refractivity contribution is -0.141. The number of anilines is 1. The molecule has 0 aliphatic rings. The van der Waals surface area contributed by atoms with Crippen LogP contribution in [0.4, 0.5) is 5.69 Å². The summed E-state index contributed by atoms with van der Waals surface area (Å²) in [4.78, 5) is 28.3. The van der Waals surface area contributed by atoms with Crippen molar-refractivity contribution < 1.29 is 22.7 Å². The number of amides is 2. The highest BCUT2D eigenvalue weighted by Gasteiger charge is 2.29. The molecule has 0 aliphatic heterocycles. The monoisotopic (exact) mass is 531 g/mol. The number of carbonyl (C=O) groups excluding carboxylic acids is 2. The van der Waals surface area contributed by atoms with E-state index in [2.05, 4.69) is 5.32 Å². The standard InChI is InChI=1S/C28H41N3O5S/c1-7-22(4)29-28(33)26(8-2)30(20-23-13-10-9-12-21(23)3)27(32)14-11-19-31(37(6,34)35)24-15-17-25(36-5)18-16-24/h9-10,12-13,15-18,22,26H,7-8,11,14,19-20H2,1-6H3,(H,29,33)/t22-,26-/m1/s1. The SMILES string of the molecule is CC[C@@H](C)NC(=O)[C@@H](CC)N(Cc1ccccc1C)C(=O)CCCN(c1ccc(OC)cc1)S(C)(=O)=O. The molecule has 2 atom stereocenters. The van der Waals surface area contributed by atoms with E-state index < -0.39 is 16.1 Å². The first-order valence-electron chi connectivity index (χ1n) is 12.8. The van der Waals surface area contributed by atoms with E-state index in [4.69, 9.17) is 4.74 Å². The fraction of sp³-hybridized carbons (Fsp3) is 0.500. The fourth-order valence-corrected chi connectivity index (χ4v) is 5.05. The van der Waals surface area contributed by atoms with Crippen LogP contribution in [0.25, 0.3) is 0 Å². The Bertz CT molecular complexity index is 1130. The Morgan fingerprint density at radius 3 is 2.22 bits per heavy atom. The smallest absolute Gasteiger partial charge is 0.243 e. The van der Waals surface area contributed by atoms with Crippen molar-refractivity contribution in [1.29, 1.82) is 0 Å². The van der Waals surface area contributed by atoms with Crippen molar-refractivity contribution in [2.45, 2.75) is 72.0 Å². The molecule has 0 aliphatic carbocycles. The molecule has 2 rings (SSSR count). The number of sulfonamides is 1. The van der Waals surface area contributed by atoms with Crippen molar-refractivity contribution in [1.82, 2.24) is 10.2 Å². The molecule has 204 valence electrons. The number of nitrogens with zero attached hydrogens (tertiary/aromatic N) is 2. The second-order valence-electron chi connectivity index (χ2n) is 9.33. The summed E-state index contributed by atoms with van der Waals surface area (Å²) in [6, 6.07) is 14.0. The molecule has 0 unspecified atom stereocenters. The Hall–Kier alpha value is -3.07. The number of aryl methyl sites for hydroxylation is 1. The minimum atomic E-state index is -3.56. The number of benzene rings is 2. The quantitative estimate of drug-likeness (QED) is 0.393. The van der Waals surface area contributed by atoms with Gasteiger partial charge in [0.1, 0.15) is 11.8 Å². The van der Waals surface area contributed by atoms with E-state index in [-0.39, 0.29) is 30.8 Å². The van der Waals surface area contributed by atoms with Crippen molar-refractivity contribution in [2.75, 3.05) is 24.2 Å². The highest BCUT2D eigenvalue weighted by atomic mass is 32.2. The molecular formula is C28H41N3O5S. The molecule has 0 saturated heterocycles. The van der Waals surface area contributed by atoms with Gasteiger partial charge in [0.25, 0.3) is 0 Å². The van der Waals surface area contributed by atoms with Crippen LogP contribution >= 0.6 is 0 Å². The molecule has 0 spiro atoms. The van der Waals surface area contributed by atoms with E-state index in [0.717, 1.165) is 23.8 Å². The lowest BCUT2D eigenvalue weighted by Crippen LogP contribution is -2.50. The van der Waals surface area contributed by atoms with Crippen molar-refractivity contribution in [2.24, 2.45) is 0 Å². The van der Waals surface area contributed by atoms with Gasteiger partial charge >= 0.3 is 0 Å². The third-order valence-electron chi connectivity index (χ3n) is 6.50. The first-order chi connectivity index (χ1) is 17.5. The molecule has 37 heavy (non-hydrogen) atoms. The first-order valence-corrected chi connectivity index (χ1v) is 14.6. The summed E-state index contributed by atoms with van der Waals surface area (Å²) in [7, 11) is -2.01. The van der Waals surface area contributed by atoms with E-state index in [0.29, 0.717) is 30.8 Å². The molecular weight excluding hydrogens is 490 g/mol. The van der Waals surface area contributed by atoms with Crippen molar-refractivity contribution in [3.8, 4) is 5.75 Å². The molecule has 2 aromatic rings. The molecule has 1 N–H and O–H groups in total. The number of rotatable bonds is 14. The topological polar surface area (TPSA) is 96.0 Å². The van der Waals surface area contributed by atoms with Crippen LogP contribution in [0.5, 0.6) is 5.75 Å². The van der Waals surface area contributed by atoms with Gasteiger partial charge in [-0.05, 0) is 68.5 Å². The number of ether oxygens (including phenoxy) is 1. The normalized spacial score (nSPS) is 12.9. The minimum absolute atomic E-state index is 0.00443. The van der Waals surface area contributed by atoms with Crippen LogP contribution in [0, 0.1) is 6.92 Å². The van der Waals surface area contributed by atoms with Gasteiger partial charge in [0.2, 0.25) is 21.8 Å². The van der Waals surface area contributed by atoms with E-state index in [9.17, 15) is 18.0 Å². The van der Waals surface area contributed by atoms with E-state index >= 15 is 0 Å². The minimum Gasteiger partial charge on any atom is -0.497 e. The summed E-state index contributed by atoms with van der Waals surface area (Å²) in [5.74, 6) is 0.271. The lowest BCUT2D eigenvalue weighted by atomic mass is 10.0. The van der Waals surface area contributed by atoms with Crippen LogP contribution in [0.15, 0.2) is 48.5 Å².